The lowest BCUT2D eigenvalue weighted by Crippen LogP contribution is -2.17. The Balaban J connectivity index is 2.10. The highest BCUT2D eigenvalue weighted by Crippen LogP contribution is 2.26. The number of amides is 1. The topological polar surface area (TPSA) is 93.8 Å². The number of benzene rings is 2. The summed E-state index contributed by atoms with van der Waals surface area (Å²) in [5.41, 5.74) is 3.10. The molecular formula is C15H12BrN3O4. The number of carbonyl (C=O) groups is 1. The summed E-state index contributed by atoms with van der Waals surface area (Å²) in [6.45, 7) is 0. The van der Waals surface area contributed by atoms with Crippen molar-refractivity contribution in [3.8, 4) is 5.75 Å². The second kappa shape index (κ2) is 7.50. The van der Waals surface area contributed by atoms with E-state index in [-0.39, 0.29) is 17.3 Å². The van der Waals surface area contributed by atoms with Crippen molar-refractivity contribution in [2.75, 3.05) is 7.11 Å². The van der Waals surface area contributed by atoms with Gasteiger partial charge in [0.2, 0.25) is 0 Å². The highest BCUT2D eigenvalue weighted by atomic mass is 79.9. The standard InChI is InChI=1S/C15H12BrN3O4/c1-23-14-6-5-10(7-13(14)19(21)22)9-17-18-15(20)11-3-2-4-12(16)8-11/h2-9H,1H3,(H,18,20)/b17-9-. The second-order valence-corrected chi connectivity index (χ2v) is 5.31. The fraction of sp³-hybridized carbons (Fsp3) is 0.0667. The predicted octanol–water partition coefficient (Wildman–Crippen LogP) is 3.13. The van der Waals surface area contributed by atoms with E-state index in [1.165, 1.54) is 25.5 Å². The van der Waals surface area contributed by atoms with E-state index in [4.69, 9.17) is 4.74 Å². The minimum absolute atomic E-state index is 0.158. The molecule has 1 N–H and O–H groups in total. The molecule has 0 unspecified atom stereocenters. The summed E-state index contributed by atoms with van der Waals surface area (Å²) in [4.78, 5) is 22.3. The number of nitrogens with one attached hydrogen (secondary N) is 1. The average Bonchev–Trinajstić information content (AvgIpc) is 2.54. The third kappa shape index (κ3) is 4.36. The van der Waals surface area contributed by atoms with Crippen molar-refractivity contribution >= 4 is 33.7 Å². The molecule has 8 heteroatoms. The number of nitro groups is 1. The molecule has 0 fully saturated rings. The fourth-order valence-electron chi connectivity index (χ4n) is 1.79. The van der Waals surface area contributed by atoms with Crippen LogP contribution >= 0.6 is 15.9 Å². The molecule has 7 nitrogen and oxygen atoms in total. The molecular weight excluding hydrogens is 366 g/mol. The number of nitrogens with zero attached hydrogens (tertiary/aromatic N) is 2. The number of hydrazone groups is 1. The number of methoxy groups -OCH3 is 1. The van der Waals surface area contributed by atoms with E-state index in [0.29, 0.717) is 11.1 Å². The van der Waals surface area contributed by atoms with Gasteiger partial charge in [-0.25, -0.2) is 5.43 Å². The number of halogens is 1. The molecule has 2 aromatic carbocycles. The van der Waals surface area contributed by atoms with Crippen LogP contribution in [-0.4, -0.2) is 24.2 Å². The van der Waals surface area contributed by atoms with Crippen LogP contribution in [0.3, 0.4) is 0 Å². The zero-order valence-corrected chi connectivity index (χ0v) is 13.6. The molecule has 0 radical (unpaired) electrons. The lowest BCUT2D eigenvalue weighted by molar-refractivity contribution is -0.385. The molecule has 118 valence electrons. The van der Waals surface area contributed by atoms with Crippen molar-refractivity contribution in [3.05, 3.63) is 68.2 Å². The maximum atomic E-state index is 11.9. The number of rotatable bonds is 5. The highest BCUT2D eigenvalue weighted by Gasteiger charge is 2.14. The van der Waals surface area contributed by atoms with Crippen LogP contribution in [0.15, 0.2) is 52.0 Å². The van der Waals surface area contributed by atoms with Crippen LogP contribution in [0.1, 0.15) is 15.9 Å². The Bertz CT molecular complexity index is 777. The number of nitro benzene ring substituents is 1. The van der Waals surface area contributed by atoms with E-state index >= 15 is 0 Å². The first-order valence-electron chi connectivity index (χ1n) is 6.42. The molecule has 2 aromatic rings. The van der Waals surface area contributed by atoms with Gasteiger partial charge in [0.25, 0.3) is 5.91 Å². The van der Waals surface area contributed by atoms with Crippen LogP contribution in [0.4, 0.5) is 5.69 Å². The van der Waals surface area contributed by atoms with Crippen molar-refractivity contribution in [3.63, 3.8) is 0 Å². The first kappa shape index (κ1) is 16.6. The van der Waals surface area contributed by atoms with Crippen molar-refractivity contribution in [1.82, 2.24) is 5.43 Å². The van der Waals surface area contributed by atoms with Crippen molar-refractivity contribution in [2.24, 2.45) is 5.10 Å². The van der Waals surface area contributed by atoms with Gasteiger partial charge in [0.05, 0.1) is 18.2 Å². The van der Waals surface area contributed by atoms with Crippen LogP contribution in [-0.2, 0) is 0 Å². The molecule has 1 amide bonds. The smallest absolute Gasteiger partial charge is 0.311 e. The largest absolute Gasteiger partial charge is 0.490 e. The molecule has 0 aliphatic heterocycles. The molecule has 0 spiro atoms. The van der Waals surface area contributed by atoms with Gasteiger partial charge in [0.1, 0.15) is 0 Å². The summed E-state index contributed by atoms with van der Waals surface area (Å²) >= 11 is 3.28. The molecule has 2 rings (SSSR count). The minimum atomic E-state index is -0.545. The first-order chi connectivity index (χ1) is 11.0. The molecule has 0 saturated carbocycles. The SMILES string of the molecule is COc1ccc(/C=N\NC(=O)c2cccc(Br)c2)cc1[N+](=O)[O-]. The van der Waals surface area contributed by atoms with E-state index in [2.05, 4.69) is 26.5 Å². The van der Waals surface area contributed by atoms with Gasteiger partial charge in [-0.05, 0) is 30.3 Å². The van der Waals surface area contributed by atoms with E-state index in [1.54, 1.807) is 30.3 Å². The van der Waals surface area contributed by atoms with Crippen molar-refractivity contribution < 1.29 is 14.5 Å². The molecule has 0 atom stereocenters. The molecule has 0 aromatic heterocycles. The molecule has 0 bridgehead atoms. The van der Waals surface area contributed by atoms with Gasteiger partial charge in [0.15, 0.2) is 5.75 Å². The minimum Gasteiger partial charge on any atom is -0.490 e. The zero-order valence-electron chi connectivity index (χ0n) is 12.0. The van der Waals surface area contributed by atoms with Crippen molar-refractivity contribution in [1.29, 1.82) is 0 Å². The van der Waals surface area contributed by atoms with Crippen LogP contribution in [0, 0.1) is 10.1 Å². The number of hydrogen-bond donors (Lipinski definition) is 1. The van der Waals surface area contributed by atoms with Gasteiger partial charge >= 0.3 is 5.69 Å². The molecule has 0 aliphatic carbocycles. The first-order valence-corrected chi connectivity index (χ1v) is 7.22. The van der Waals surface area contributed by atoms with Crippen LogP contribution in [0.25, 0.3) is 0 Å². The maximum Gasteiger partial charge on any atom is 0.311 e. The predicted molar refractivity (Wildman–Crippen MR) is 88.9 cm³/mol. The molecule has 23 heavy (non-hydrogen) atoms. The van der Waals surface area contributed by atoms with Crippen LogP contribution < -0.4 is 10.2 Å². The Morgan fingerprint density at radius 2 is 2.13 bits per heavy atom. The Hall–Kier alpha value is -2.74. The summed E-state index contributed by atoms with van der Waals surface area (Å²) in [5.74, 6) is -0.226. The molecule has 0 aliphatic rings. The van der Waals surface area contributed by atoms with Gasteiger partial charge in [0, 0.05) is 21.7 Å². The van der Waals surface area contributed by atoms with E-state index in [9.17, 15) is 14.9 Å². The van der Waals surface area contributed by atoms with Gasteiger partial charge in [-0.3, -0.25) is 14.9 Å². The summed E-state index contributed by atoms with van der Waals surface area (Å²) in [6.07, 6.45) is 1.32. The van der Waals surface area contributed by atoms with E-state index < -0.39 is 4.92 Å². The van der Waals surface area contributed by atoms with Gasteiger partial charge in [-0.2, -0.15) is 5.10 Å². The molecule has 0 heterocycles. The van der Waals surface area contributed by atoms with Crippen LogP contribution in [0.2, 0.25) is 0 Å². The Kier molecular flexibility index (Phi) is 5.42. The average molecular weight is 378 g/mol. The Morgan fingerprint density at radius 3 is 2.78 bits per heavy atom. The lowest BCUT2D eigenvalue weighted by Gasteiger charge is -2.02. The van der Waals surface area contributed by atoms with E-state index in [1.807, 2.05) is 0 Å². The molecule has 0 saturated heterocycles. The third-order valence-electron chi connectivity index (χ3n) is 2.87. The van der Waals surface area contributed by atoms with Gasteiger partial charge < -0.3 is 4.74 Å². The lowest BCUT2D eigenvalue weighted by atomic mass is 10.2. The normalized spacial score (nSPS) is 10.5. The highest BCUT2D eigenvalue weighted by molar-refractivity contribution is 9.10. The number of ether oxygens (including phenoxy) is 1. The summed E-state index contributed by atoms with van der Waals surface area (Å²) in [6, 6.07) is 11.2. The summed E-state index contributed by atoms with van der Waals surface area (Å²) in [5, 5.41) is 14.7. The van der Waals surface area contributed by atoms with Gasteiger partial charge in [-0.15, -0.1) is 0 Å². The van der Waals surface area contributed by atoms with Gasteiger partial charge in [-0.1, -0.05) is 22.0 Å². The van der Waals surface area contributed by atoms with Crippen molar-refractivity contribution in [2.45, 2.75) is 0 Å². The van der Waals surface area contributed by atoms with Crippen LogP contribution in [0.5, 0.6) is 5.75 Å². The van der Waals surface area contributed by atoms with E-state index in [0.717, 1.165) is 4.47 Å². The third-order valence-corrected chi connectivity index (χ3v) is 3.36. The fourth-order valence-corrected chi connectivity index (χ4v) is 2.19. The summed E-state index contributed by atoms with van der Waals surface area (Å²) < 4.78 is 5.69. The second-order valence-electron chi connectivity index (χ2n) is 4.40. The number of carbonyl (C=O) groups excluding carboxylic acids is 1. The Morgan fingerprint density at radius 1 is 1.35 bits per heavy atom. The quantitative estimate of drug-likeness (QED) is 0.491. The Labute approximate surface area is 140 Å². The zero-order chi connectivity index (χ0) is 16.8. The monoisotopic (exact) mass is 377 g/mol. The number of hydrogen-bond acceptors (Lipinski definition) is 5. The maximum absolute atomic E-state index is 11.9. The summed E-state index contributed by atoms with van der Waals surface area (Å²) in [7, 11) is 1.36.